The van der Waals surface area contributed by atoms with Crippen LogP contribution in [0.3, 0.4) is 0 Å². The summed E-state index contributed by atoms with van der Waals surface area (Å²) < 4.78 is 11.2. The lowest BCUT2D eigenvalue weighted by molar-refractivity contribution is -0.162. The lowest BCUT2D eigenvalue weighted by Gasteiger charge is -2.35. The second-order valence-electron chi connectivity index (χ2n) is 8.39. The molecule has 1 N–H and O–H groups in total. The summed E-state index contributed by atoms with van der Waals surface area (Å²) in [6.45, 7) is 9.54. The van der Waals surface area contributed by atoms with Crippen LogP contribution in [0.1, 0.15) is 65.0 Å². The fourth-order valence-electron chi connectivity index (χ4n) is 3.72. The number of hydrogen-bond donors (Lipinski definition) is 1. The average Bonchev–Trinajstić information content (AvgIpc) is 3.04. The molecule has 3 atom stereocenters. The van der Waals surface area contributed by atoms with Crippen LogP contribution >= 0.6 is 0 Å². The van der Waals surface area contributed by atoms with Gasteiger partial charge in [0.15, 0.2) is 0 Å². The highest BCUT2D eigenvalue weighted by molar-refractivity contribution is 5.74. The Morgan fingerprint density at radius 1 is 1.30 bits per heavy atom. The zero-order valence-electron chi connectivity index (χ0n) is 17.5. The van der Waals surface area contributed by atoms with Crippen LogP contribution in [0.25, 0.3) is 0 Å². The molecular formula is C22H36N2O3. The van der Waals surface area contributed by atoms with Gasteiger partial charge in [0.2, 0.25) is 0 Å². The number of nitrogens with zero attached hydrogens (tertiary/aromatic N) is 1. The predicted molar refractivity (Wildman–Crippen MR) is 108 cm³/mol. The zero-order valence-corrected chi connectivity index (χ0v) is 17.5. The quantitative estimate of drug-likeness (QED) is 0.658. The van der Waals surface area contributed by atoms with E-state index >= 15 is 0 Å². The lowest BCUT2D eigenvalue weighted by Crippen LogP contribution is -2.49. The zero-order chi connectivity index (χ0) is 19.9. The summed E-state index contributed by atoms with van der Waals surface area (Å²) in [6, 6.07) is 10.5. The van der Waals surface area contributed by atoms with Gasteiger partial charge in [-0.1, -0.05) is 43.7 Å². The van der Waals surface area contributed by atoms with E-state index in [1.807, 2.05) is 39.0 Å². The van der Waals surface area contributed by atoms with Gasteiger partial charge in [-0.25, -0.2) is 10.4 Å². The Balaban J connectivity index is 2.27. The van der Waals surface area contributed by atoms with Crippen LogP contribution in [0, 0.1) is 5.92 Å². The van der Waals surface area contributed by atoms with Crippen LogP contribution < -0.4 is 5.43 Å². The molecule has 0 bridgehead atoms. The van der Waals surface area contributed by atoms with Crippen molar-refractivity contribution < 1.29 is 14.3 Å². The highest BCUT2D eigenvalue weighted by Crippen LogP contribution is 2.30. The molecule has 1 aliphatic heterocycles. The molecule has 5 nitrogen and oxygen atoms in total. The second-order valence-corrected chi connectivity index (χ2v) is 8.39. The molecule has 1 unspecified atom stereocenters. The SMILES string of the molecule is CCC[C@@H](C(=O)OC(C)(C)C)C(NN1CCC[C@H]1COC)c1ccccc1. The van der Waals surface area contributed by atoms with Crippen LogP contribution in [-0.4, -0.2) is 42.9 Å². The number of esters is 1. The maximum absolute atomic E-state index is 13.0. The monoisotopic (exact) mass is 376 g/mol. The first-order valence-electron chi connectivity index (χ1n) is 10.1. The smallest absolute Gasteiger partial charge is 0.311 e. The van der Waals surface area contributed by atoms with Crippen molar-refractivity contribution in [2.45, 2.75) is 71.1 Å². The van der Waals surface area contributed by atoms with Gasteiger partial charge >= 0.3 is 5.97 Å². The third kappa shape index (κ3) is 6.59. The number of benzene rings is 1. The molecule has 1 saturated heterocycles. The van der Waals surface area contributed by atoms with Crippen molar-refractivity contribution >= 4 is 5.97 Å². The Morgan fingerprint density at radius 2 is 2.00 bits per heavy atom. The molecular weight excluding hydrogens is 340 g/mol. The number of hydrogen-bond acceptors (Lipinski definition) is 5. The van der Waals surface area contributed by atoms with Crippen molar-refractivity contribution in [3.8, 4) is 0 Å². The molecule has 152 valence electrons. The van der Waals surface area contributed by atoms with Gasteiger partial charge in [0.25, 0.3) is 0 Å². The maximum atomic E-state index is 13.0. The first-order chi connectivity index (χ1) is 12.9. The average molecular weight is 377 g/mol. The van der Waals surface area contributed by atoms with Crippen molar-refractivity contribution in [2.75, 3.05) is 20.3 Å². The van der Waals surface area contributed by atoms with Gasteiger partial charge in [-0.3, -0.25) is 4.79 Å². The largest absolute Gasteiger partial charge is 0.460 e. The van der Waals surface area contributed by atoms with Gasteiger partial charge in [0.1, 0.15) is 5.60 Å². The number of carbonyl (C=O) groups excluding carboxylic acids is 1. The fourth-order valence-corrected chi connectivity index (χ4v) is 3.72. The Kier molecular flexibility index (Phi) is 8.27. The molecule has 1 fully saturated rings. The maximum Gasteiger partial charge on any atom is 0.311 e. The molecule has 0 radical (unpaired) electrons. The van der Waals surface area contributed by atoms with E-state index in [-0.39, 0.29) is 17.9 Å². The summed E-state index contributed by atoms with van der Waals surface area (Å²) in [5.41, 5.74) is 4.30. The van der Waals surface area contributed by atoms with E-state index in [4.69, 9.17) is 9.47 Å². The number of carbonyl (C=O) groups is 1. The number of methoxy groups -OCH3 is 1. The van der Waals surface area contributed by atoms with Crippen molar-refractivity contribution in [1.29, 1.82) is 0 Å². The van der Waals surface area contributed by atoms with Gasteiger partial charge < -0.3 is 9.47 Å². The highest BCUT2D eigenvalue weighted by Gasteiger charge is 2.35. The number of ether oxygens (including phenoxy) is 2. The van der Waals surface area contributed by atoms with Crippen LogP contribution in [0.5, 0.6) is 0 Å². The van der Waals surface area contributed by atoms with Crippen molar-refractivity contribution in [1.82, 2.24) is 10.4 Å². The number of rotatable bonds is 9. The normalized spacial score (nSPS) is 20.4. The topological polar surface area (TPSA) is 50.8 Å². The summed E-state index contributed by atoms with van der Waals surface area (Å²) in [7, 11) is 1.74. The molecule has 0 amide bonds. The standard InChI is InChI=1S/C22H36N2O3/c1-6-11-19(21(25)27-22(2,3)4)20(17-12-8-7-9-13-17)23-24-15-10-14-18(24)16-26-5/h7-9,12-13,18-20,23H,6,10-11,14-16H2,1-5H3/t18-,19+,20?/m0/s1. The van der Waals surface area contributed by atoms with Gasteiger partial charge in [0, 0.05) is 19.7 Å². The minimum Gasteiger partial charge on any atom is -0.460 e. The molecule has 0 spiro atoms. The summed E-state index contributed by atoms with van der Waals surface area (Å²) in [4.78, 5) is 13.0. The van der Waals surface area contributed by atoms with Gasteiger partial charge in [-0.05, 0) is 45.6 Å². The summed E-state index contributed by atoms with van der Waals surface area (Å²) in [5.74, 6) is -0.367. The van der Waals surface area contributed by atoms with E-state index in [0.29, 0.717) is 12.6 Å². The first kappa shape index (κ1) is 21.9. The first-order valence-corrected chi connectivity index (χ1v) is 10.1. The minimum atomic E-state index is -0.490. The van der Waals surface area contributed by atoms with E-state index in [2.05, 4.69) is 29.5 Å². The molecule has 0 aromatic heterocycles. The van der Waals surface area contributed by atoms with Crippen LogP contribution in [-0.2, 0) is 14.3 Å². The van der Waals surface area contributed by atoms with E-state index in [1.165, 1.54) is 0 Å². The van der Waals surface area contributed by atoms with Crippen molar-refractivity contribution in [3.63, 3.8) is 0 Å². The Hall–Kier alpha value is -1.43. The van der Waals surface area contributed by atoms with E-state index in [1.54, 1.807) is 7.11 Å². The van der Waals surface area contributed by atoms with Gasteiger partial charge in [-0.15, -0.1) is 0 Å². The molecule has 27 heavy (non-hydrogen) atoms. The van der Waals surface area contributed by atoms with Crippen molar-refractivity contribution in [2.24, 2.45) is 5.92 Å². The summed E-state index contributed by atoms with van der Waals surface area (Å²) in [5, 5.41) is 2.26. The Labute approximate surface area is 164 Å². The Morgan fingerprint density at radius 3 is 2.59 bits per heavy atom. The van der Waals surface area contributed by atoms with Crippen LogP contribution in [0.2, 0.25) is 0 Å². The summed E-state index contributed by atoms with van der Waals surface area (Å²) in [6.07, 6.45) is 3.95. The molecule has 1 aromatic carbocycles. The van der Waals surface area contributed by atoms with Crippen LogP contribution in [0.4, 0.5) is 0 Å². The van der Waals surface area contributed by atoms with E-state index in [0.717, 1.165) is 37.8 Å². The van der Waals surface area contributed by atoms with Crippen molar-refractivity contribution in [3.05, 3.63) is 35.9 Å². The molecule has 1 aliphatic rings. The fraction of sp³-hybridized carbons (Fsp3) is 0.682. The highest BCUT2D eigenvalue weighted by atomic mass is 16.6. The van der Waals surface area contributed by atoms with E-state index < -0.39 is 5.60 Å². The second kappa shape index (κ2) is 10.2. The van der Waals surface area contributed by atoms with E-state index in [9.17, 15) is 4.79 Å². The number of hydrazine groups is 1. The third-order valence-corrected chi connectivity index (χ3v) is 4.91. The molecule has 2 rings (SSSR count). The third-order valence-electron chi connectivity index (χ3n) is 4.91. The predicted octanol–water partition coefficient (Wildman–Crippen LogP) is 4.10. The molecule has 0 saturated carbocycles. The minimum absolute atomic E-state index is 0.113. The summed E-state index contributed by atoms with van der Waals surface area (Å²) >= 11 is 0. The number of nitrogens with one attached hydrogen (secondary N) is 1. The lowest BCUT2D eigenvalue weighted by atomic mass is 9.89. The molecule has 1 aromatic rings. The Bertz CT molecular complexity index is 571. The van der Waals surface area contributed by atoms with Crippen LogP contribution in [0.15, 0.2) is 30.3 Å². The van der Waals surface area contributed by atoms with Gasteiger partial charge in [0.05, 0.1) is 18.6 Å². The molecule has 0 aliphatic carbocycles. The van der Waals surface area contributed by atoms with Gasteiger partial charge in [-0.2, -0.15) is 0 Å². The molecule has 1 heterocycles. The molecule has 5 heteroatoms.